The van der Waals surface area contributed by atoms with Crippen LogP contribution in [0.4, 0.5) is 0 Å². The fourth-order valence-electron chi connectivity index (χ4n) is 4.01. The number of carbonyl (C=O) groups is 2. The predicted octanol–water partition coefficient (Wildman–Crippen LogP) is 2.86. The van der Waals surface area contributed by atoms with Gasteiger partial charge in [0.1, 0.15) is 0 Å². The van der Waals surface area contributed by atoms with Crippen molar-refractivity contribution in [3.8, 4) is 0 Å². The summed E-state index contributed by atoms with van der Waals surface area (Å²) in [6.45, 7) is 3.72. The van der Waals surface area contributed by atoms with Crippen molar-refractivity contribution in [2.45, 2.75) is 26.2 Å². The number of carbonyl (C=O) groups excluding carboxylic acids is 1. The summed E-state index contributed by atoms with van der Waals surface area (Å²) in [5, 5.41) is 10.4. The molecule has 0 saturated carbocycles. The zero-order valence-electron chi connectivity index (χ0n) is 14.4. The third kappa shape index (κ3) is 3.82. The second kappa shape index (κ2) is 7.34. The van der Waals surface area contributed by atoms with Gasteiger partial charge in [-0.15, -0.1) is 0 Å². The SMILES string of the molecule is CC(CC(=O)N1C[C@H]2COCC[C@@]2(C(=O)O)C1)Cc1ccc(Cl)cc1. The van der Waals surface area contributed by atoms with E-state index >= 15 is 0 Å². The molecule has 3 rings (SSSR count). The molecule has 6 heteroatoms. The van der Waals surface area contributed by atoms with Crippen LogP contribution in [-0.2, 0) is 20.7 Å². The summed E-state index contributed by atoms with van der Waals surface area (Å²) in [6.07, 6.45) is 1.70. The summed E-state index contributed by atoms with van der Waals surface area (Å²) in [5.74, 6) is -0.676. The van der Waals surface area contributed by atoms with E-state index in [4.69, 9.17) is 16.3 Å². The van der Waals surface area contributed by atoms with E-state index in [2.05, 4.69) is 0 Å². The highest BCUT2D eigenvalue weighted by atomic mass is 35.5. The maximum Gasteiger partial charge on any atom is 0.311 e. The standard InChI is InChI=1S/C19H24ClNO4/c1-13(8-14-2-4-16(20)5-3-14)9-17(22)21-10-15-11-25-7-6-19(15,12-21)18(23)24/h2-5,13,15H,6-12H2,1H3,(H,23,24)/t13?,15-,19+/m0/s1. The Bertz CT molecular complexity index is 647. The predicted molar refractivity (Wildman–Crippen MR) is 94.5 cm³/mol. The number of hydrogen-bond acceptors (Lipinski definition) is 3. The molecule has 3 atom stereocenters. The van der Waals surface area contributed by atoms with Crippen LogP contribution in [0.2, 0.25) is 5.02 Å². The molecule has 25 heavy (non-hydrogen) atoms. The van der Waals surface area contributed by atoms with Gasteiger partial charge in [-0.05, 0) is 36.5 Å². The van der Waals surface area contributed by atoms with Gasteiger partial charge in [-0.1, -0.05) is 30.7 Å². The smallest absolute Gasteiger partial charge is 0.311 e. The molecule has 2 saturated heterocycles. The number of benzene rings is 1. The molecular weight excluding hydrogens is 342 g/mol. The van der Waals surface area contributed by atoms with Crippen LogP contribution >= 0.6 is 11.6 Å². The van der Waals surface area contributed by atoms with E-state index in [-0.39, 0.29) is 17.7 Å². The van der Waals surface area contributed by atoms with Crippen molar-refractivity contribution >= 4 is 23.5 Å². The van der Waals surface area contributed by atoms with Crippen molar-refractivity contribution in [3.63, 3.8) is 0 Å². The van der Waals surface area contributed by atoms with Crippen LogP contribution in [0.5, 0.6) is 0 Å². The normalized spacial score (nSPS) is 27.0. The highest BCUT2D eigenvalue weighted by Crippen LogP contribution is 2.42. The molecule has 0 bridgehead atoms. The van der Waals surface area contributed by atoms with Crippen LogP contribution < -0.4 is 0 Å². The van der Waals surface area contributed by atoms with Gasteiger partial charge in [-0.2, -0.15) is 0 Å². The van der Waals surface area contributed by atoms with Crippen LogP contribution in [-0.4, -0.2) is 48.2 Å². The summed E-state index contributed by atoms with van der Waals surface area (Å²) in [7, 11) is 0. The Labute approximate surface area is 152 Å². The maximum absolute atomic E-state index is 12.7. The van der Waals surface area contributed by atoms with E-state index in [1.54, 1.807) is 4.90 Å². The third-order valence-electron chi connectivity index (χ3n) is 5.51. The molecule has 0 spiro atoms. The van der Waals surface area contributed by atoms with Crippen molar-refractivity contribution in [2.75, 3.05) is 26.3 Å². The summed E-state index contributed by atoms with van der Waals surface area (Å²) in [5.41, 5.74) is 0.322. The fourth-order valence-corrected chi connectivity index (χ4v) is 4.14. The average molecular weight is 366 g/mol. The molecule has 1 aromatic carbocycles. The Kier molecular flexibility index (Phi) is 5.35. The van der Waals surface area contributed by atoms with Crippen LogP contribution in [0, 0.1) is 17.3 Å². The lowest BCUT2D eigenvalue weighted by atomic mass is 9.74. The van der Waals surface area contributed by atoms with E-state index in [0.29, 0.717) is 44.2 Å². The molecule has 1 unspecified atom stereocenters. The van der Waals surface area contributed by atoms with Crippen molar-refractivity contribution in [1.82, 2.24) is 4.90 Å². The number of rotatable bonds is 5. The lowest BCUT2D eigenvalue weighted by molar-refractivity contribution is -0.157. The number of halogens is 1. The summed E-state index contributed by atoms with van der Waals surface area (Å²) in [6, 6.07) is 7.66. The average Bonchev–Trinajstić information content (AvgIpc) is 2.98. The minimum Gasteiger partial charge on any atom is -0.481 e. The van der Waals surface area contributed by atoms with Crippen molar-refractivity contribution in [3.05, 3.63) is 34.9 Å². The first-order chi connectivity index (χ1) is 11.9. The molecule has 0 radical (unpaired) electrons. The largest absolute Gasteiger partial charge is 0.481 e. The molecular formula is C19H24ClNO4. The van der Waals surface area contributed by atoms with E-state index in [9.17, 15) is 14.7 Å². The number of hydrogen-bond donors (Lipinski definition) is 1. The highest BCUT2D eigenvalue weighted by molar-refractivity contribution is 6.30. The van der Waals surface area contributed by atoms with E-state index < -0.39 is 11.4 Å². The van der Waals surface area contributed by atoms with Crippen molar-refractivity contribution in [2.24, 2.45) is 17.3 Å². The van der Waals surface area contributed by atoms with Crippen LogP contribution in [0.25, 0.3) is 0 Å². The Morgan fingerprint density at radius 3 is 2.76 bits per heavy atom. The topological polar surface area (TPSA) is 66.8 Å². The number of carboxylic acid groups (broad SMARTS) is 1. The zero-order chi connectivity index (χ0) is 18.0. The van der Waals surface area contributed by atoms with Gasteiger partial charge < -0.3 is 14.7 Å². The van der Waals surface area contributed by atoms with E-state index in [1.807, 2.05) is 31.2 Å². The van der Waals surface area contributed by atoms with Gasteiger partial charge in [0.25, 0.3) is 0 Å². The molecule has 2 aliphatic rings. The molecule has 1 aromatic rings. The number of amides is 1. The Balaban J connectivity index is 1.60. The second-order valence-electron chi connectivity index (χ2n) is 7.40. The number of ether oxygens (including phenoxy) is 1. The van der Waals surface area contributed by atoms with E-state index in [0.717, 1.165) is 12.0 Å². The maximum atomic E-state index is 12.7. The summed E-state index contributed by atoms with van der Waals surface area (Å²) in [4.78, 5) is 26.2. The van der Waals surface area contributed by atoms with Gasteiger partial charge >= 0.3 is 5.97 Å². The molecule has 2 fully saturated rings. The Morgan fingerprint density at radius 1 is 1.40 bits per heavy atom. The highest BCUT2D eigenvalue weighted by Gasteiger charge is 2.54. The number of likely N-dealkylation sites (tertiary alicyclic amines) is 1. The number of fused-ring (bicyclic) bond motifs is 1. The van der Waals surface area contributed by atoms with Crippen molar-refractivity contribution < 1.29 is 19.4 Å². The lowest BCUT2D eigenvalue weighted by Crippen LogP contribution is -2.45. The minimum atomic E-state index is -0.826. The first-order valence-corrected chi connectivity index (χ1v) is 9.12. The monoisotopic (exact) mass is 365 g/mol. The lowest BCUT2D eigenvalue weighted by Gasteiger charge is -2.33. The molecule has 2 heterocycles. The van der Waals surface area contributed by atoms with Gasteiger partial charge in [-0.25, -0.2) is 0 Å². The van der Waals surface area contributed by atoms with Gasteiger partial charge in [0.15, 0.2) is 0 Å². The van der Waals surface area contributed by atoms with Gasteiger partial charge in [0.2, 0.25) is 5.91 Å². The number of carboxylic acids is 1. The van der Waals surface area contributed by atoms with Crippen molar-refractivity contribution in [1.29, 1.82) is 0 Å². The fraction of sp³-hybridized carbons (Fsp3) is 0.579. The van der Waals surface area contributed by atoms with Crippen LogP contribution in [0.1, 0.15) is 25.3 Å². The number of aliphatic carboxylic acids is 1. The molecule has 0 aliphatic carbocycles. The summed E-state index contributed by atoms with van der Waals surface area (Å²) < 4.78 is 5.44. The van der Waals surface area contributed by atoms with Crippen LogP contribution in [0.15, 0.2) is 24.3 Å². The molecule has 136 valence electrons. The van der Waals surface area contributed by atoms with Gasteiger partial charge in [0, 0.05) is 37.1 Å². The second-order valence-corrected chi connectivity index (χ2v) is 7.83. The quantitative estimate of drug-likeness (QED) is 0.871. The molecule has 1 amide bonds. The molecule has 2 aliphatic heterocycles. The molecule has 1 N–H and O–H groups in total. The summed E-state index contributed by atoms with van der Waals surface area (Å²) >= 11 is 5.90. The van der Waals surface area contributed by atoms with Crippen LogP contribution in [0.3, 0.4) is 0 Å². The first kappa shape index (κ1) is 18.2. The molecule has 5 nitrogen and oxygen atoms in total. The minimum absolute atomic E-state index is 0.0384. The Hall–Kier alpha value is -1.59. The third-order valence-corrected chi connectivity index (χ3v) is 5.76. The molecule has 0 aromatic heterocycles. The first-order valence-electron chi connectivity index (χ1n) is 8.74. The zero-order valence-corrected chi connectivity index (χ0v) is 15.2. The van der Waals surface area contributed by atoms with Gasteiger partial charge in [0.05, 0.1) is 12.0 Å². The van der Waals surface area contributed by atoms with E-state index in [1.165, 1.54) is 0 Å². The number of nitrogens with zero attached hydrogens (tertiary/aromatic N) is 1. The van der Waals surface area contributed by atoms with Gasteiger partial charge in [-0.3, -0.25) is 9.59 Å². The Morgan fingerprint density at radius 2 is 2.12 bits per heavy atom.